The second kappa shape index (κ2) is 4.19. The molecule has 1 aromatic rings. The van der Waals surface area contributed by atoms with Crippen LogP contribution in [0, 0.1) is 0 Å². The number of nitrogens with zero attached hydrogens (tertiary/aromatic N) is 3. The van der Waals surface area contributed by atoms with Crippen molar-refractivity contribution in [1.82, 2.24) is 9.97 Å². The Morgan fingerprint density at radius 3 is 2.17 bits per heavy atom. The van der Waals surface area contributed by atoms with Gasteiger partial charge in [0.2, 0.25) is 5.95 Å². The average Bonchev–Trinajstić information content (AvgIpc) is 2.67. The van der Waals surface area contributed by atoms with Crippen LogP contribution in [0.1, 0.15) is 39.2 Å². The van der Waals surface area contributed by atoms with Crippen LogP contribution in [0.5, 0.6) is 0 Å². The first-order chi connectivity index (χ1) is 8.52. The molecule has 0 aliphatic carbocycles. The molecule has 2 aliphatic rings. The molecule has 4 nitrogen and oxygen atoms in total. The summed E-state index contributed by atoms with van der Waals surface area (Å²) < 4.78 is 5.83. The van der Waals surface area contributed by atoms with Crippen molar-refractivity contribution >= 4 is 5.95 Å². The highest BCUT2D eigenvalue weighted by atomic mass is 16.5. The molecular formula is C14H21N3O. The summed E-state index contributed by atoms with van der Waals surface area (Å²) in [7, 11) is 0. The van der Waals surface area contributed by atoms with Crippen LogP contribution in [0.4, 0.5) is 5.95 Å². The van der Waals surface area contributed by atoms with Crippen LogP contribution in [0.15, 0.2) is 12.4 Å². The highest BCUT2D eigenvalue weighted by molar-refractivity contribution is 5.33. The standard InChI is InChI=1S/C14H21N3O/c1-14(2,3)10-6-15-13(16-7-10)17-8-11-4-5-12(9-17)18-11/h6-7,11-12H,4-5,8-9H2,1-3H3. The maximum atomic E-state index is 5.83. The number of aromatic nitrogens is 2. The van der Waals surface area contributed by atoms with E-state index < -0.39 is 0 Å². The van der Waals surface area contributed by atoms with Gasteiger partial charge in [-0.05, 0) is 23.8 Å². The molecule has 98 valence electrons. The zero-order chi connectivity index (χ0) is 12.8. The molecular weight excluding hydrogens is 226 g/mol. The molecule has 2 bridgehead atoms. The van der Waals surface area contributed by atoms with Crippen molar-refractivity contribution in [3.63, 3.8) is 0 Å². The Hall–Kier alpha value is -1.16. The van der Waals surface area contributed by atoms with E-state index in [0.29, 0.717) is 12.2 Å². The summed E-state index contributed by atoms with van der Waals surface area (Å²) in [4.78, 5) is 11.3. The topological polar surface area (TPSA) is 38.2 Å². The number of ether oxygens (including phenoxy) is 1. The van der Waals surface area contributed by atoms with Gasteiger partial charge in [-0.1, -0.05) is 20.8 Å². The number of morpholine rings is 1. The van der Waals surface area contributed by atoms with Crippen LogP contribution >= 0.6 is 0 Å². The molecule has 0 radical (unpaired) electrons. The van der Waals surface area contributed by atoms with E-state index in [-0.39, 0.29) is 5.41 Å². The van der Waals surface area contributed by atoms with Crippen LogP contribution in [-0.2, 0) is 10.2 Å². The molecule has 2 atom stereocenters. The SMILES string of the molecule is CC(C)(C)c1cnc(N2CC3CCC(C2)O3)nc1. The highest BCUT2D eigenvalue weighted by Gasteiger charge is 2.34. The second-order valence-electron chi connectivity index (χ2n) is 6.38. The lowest BCUT2D eigenvalue weighted by Crippen LogP contribution is -2.43. The van der Waals surface area contributed by atoms with Crippen molar-refractivity contribution in [2.45, 2.75) is 51.2 Å². The fraction of sp³-hybridized carbons (Fsp3) is 0.714. The van der Waals surface area contributed by atoms with Gasteiger partial charge in [0, 0.05) is 25.5 Å². The van der Waals surface area contributed by atoms with E-state index in [1.807, 2.05) is 12.4 Å². The van der Waals surface area contributed by atoms with E-state index >= 15 is 0 Å². The molecule has 2 aliphatic heterocycles. The summed E-state index contributed by atoms with van der Waals surface area (Å²) in [5.74, 6) is 0.850. The van der Waals surface area contributed by atoms with Crippen molar-refractivity contribution < 1.29 is 4.74 Å². The normalized spacial score (nSPS) is 27.6. The van der Waals surface area contributed by atoms with Crippen LogP contribution in [0.25, 0.3) is 0 Å². The summed E-state index contributed by atoms with van der Waals surface area (Å²) in [6.07, 6.45) is 7.05. The van der Waals surface area contributed by atoms with Gasteiger partial charge < -0.3 is 9.64 Å². The summed E-state index contributed by atoms with van der Waals surface area (Å²) in [5, 5.41) is 0. The summed E-state index contributed by atoms with van der Waals surface area (Å²) in [6, 6.07) is 0. The first-order valence-corrected chi connectivity index (χ1v) is 6.75. The summed E-state index contributed by atoms with van der Waals surface area (Å²) in [5.41, 5.74) is 1.30. The molecule has 4 heteroatoms. The summed E-state index contributed by atoms with van der Waals surface area (Å²) in [6.45, 7) is 8.41. The van der Waals surface area contributed by atoms with E-state index in [9.17, 15) is 0 Å². The maximum Gasteiger partial charge on any atom is 0.225 e. The number of hydrogen-bond acceptors (Lipinski definition) is 4. The monoisotopic (exact) mass is 247 g/mol. The number of hydrogen-bond donors (Lipinski definition) is 0. The zero-order valence-electron chi connectivity index (χ0n) is 11.4. The van der Waals surface area contributed by atoms with Gasteiger partial charge in [0.15, 0.2) is 0 Å². The van der Waals surface area contributed by atoms with E-state index in [4.69, 9.17) is 4.74 Å². The molecule has 2 saturated heterocycles. The van der Waals surface area contributed by atoms with Crippen molar-refractivity contribution in [3.8, 4) is 0 Å². The highest BCUT2D eigenvalue weighted by Crippen LogP contribution is 2.28. The molecule has 2 fully saturated rings. The van der Waals surface area contributed by atoms with Crippen LogP contribution in [0.2, 0.25) is 0 Å². The summed E-state index contributed by atoms with van der Waals surface area (Å²) >= 11 is 0. The van der Waals surface area contributed by atoms with E-state index in [1.54, 1.807) is 0 Å². The van der Waals surface area contributed by atoms with Gasteiger partial charge in [0.25, 0.3) is 0 Å². The number of anilines is 1. The largest absolute Gasteiger partial charge is 0.371 e. The molecule has 18 heavy (non-hydrogen) atoms. The lowest BCUT2D eigenvalue weighted by Gasteiger charge is -2.32. The van der Waals surface area contributed by atoms with Crippen LogP contribution in [-0.4, -0.2) is 35.3 Å². The molecule has 0 aromatic carbocycles. The minimum atomic E-state index is 0.114. The Bertz CT molecular complexity index is 412. The fourth-order valence-electron chi connectivity index (χ4n) is 2.65. The number of fused-ring (bicyclic) bond motifs is 2. The molecule has 0 saturated carbocycles. The predicted octanol–water partition coefficient (Wildman–Crippen LogP) is 2.14. The van der Waals surface area contributed by atoms with E-state index in [0.717, 1.165) is 19.0 Å². The van der Waals surface area contributed by atoms with Crippen molar-refractivity contribution in [1.29, 1.82) is 0 Å². The molecule has 1 aromatic heterocycles. The van der Waals surface area contributed by atoms with Gasteiger partial charge >= 0.3 is 0 Å². The third kappa shape index (κ3) is 2.21. The van der Waals surface area contributed by atoms with Crippen molar-refractivity contribution in [2.24, 2.45) is 0 Å². The Balaban J connectivity index is 1.77. The van der Waals surface area contributed by atoms with Crippen LogP contribution in [0.3, 0.4) is 0 Å². The van der Waals surface area contributed by atoms with E-state index in [2.05, 4.69) is 35.6 Å². The van der Waals surface area contributed by atoms with Gasteiger partial charge in [0.05, 0.1) is 12.2 Å². The first kappa shape index (κ1) is 11.9. The molecule has 3 rings (SSSR count). The molecule has 2 unspecified atom stereocenters. The zero-order valence-corrected chi connectivity index (χ0v) is 11.4. The lowest BCUT2D eigenvalue weighted by atomic mass is 9.89. The Morgan fingerprint density at radius 2 is 1.67 bits per heavy atom. The van der Waals surface area contributed by atoms with E-state index in [1.165, 1.54) is 18.4 Å². The lowest BCUT2D eigenvalue weighted by molar-refractivity contribution is 0.0299. The van der Waals surface area contributed by atoms with Crippen molar-refractivity contribution in [3.05, 3.63) is 18.0 Å². The predicted molar refractivity (Wildman–Crippen MR) is 70.8 cm³/mol. The smallest absolute Gasteiger partial charge is 0.225 e. The Labute approximate surface area is 108 Å². The van der Waals surface area contributed by atoms with Gasteiger partial charge in [-0.25, -0.2) is 9.97 Å². The molecule has 0 N–H and O–H groups in total. The number of rotatable bonds is 1. The average molecular weight is 247 g/mol. The van der Waals surface area contributed by atoms with Gasteiger partial charge in [-0.15, -0.1) is 0 Å². The second-order valence-corrected chi connectivity index (χ2v) is 6.38. The Morgan fingerprint density at radius 1 is 1.11 bits per heavy atom. The fourth-order valence-corrected chi connectivity index (χ4v) is 2.65. The van der Waals surface area contributed by atoms with Crippen LogP contribution < -0.4 is 4.90 Å². The third-order valence-corrected chi connectivity index (χ3v) is 3.83. The van der Waals surface area contributed by atoms with Gasteiger partial charge in [0.1, 0.15) is 0 Å². The third-order valence-electron chi connectivity index (χ3n) is 3.83. The van der Waals surface area contributed by atoms with Gasteiger partial charge in [-0.3, -0.25) is 0 Å². The Kier molecular flexibility index (Phi) is 2.77. The molecule has 0 spiro atoms. The minimum absolute atomic E-state index is 0.114. The molecule has 3 heterocycles. The maximum absolute atomic E-state index is 5.83. The minimum Gasteiger partial charge on any atom is -0.371 e. The van der Waals surface area contributed by atoms with Gasteiger partial charge in [-0.2, -0.15) is 0 Å². The molecule has 0 amide bonds. The first-order valence-electron chi connectivity index (χ1n) is 6.75. The quantitative estimate of drug-likeness (QED) is 0.762. The van der Waals surface area contributed by atoms with Crippen molar-refractivity contribution in [2.75, 3.05) is 18.0 Å².